The lowest BCUT2D eigenvalue weighted by atomic mass is 10.1. The lowest BCUT2D eigenvalue weighted by molar-refractivity contribution is -0.122. The van der Waals surface area contributed by atoms with Crippen LogP contribution in [0, 0.1) is 5.82 Å². The first kappa shape index (κ1) is 19.0. The molecule has 1 aliphatic heterocycles. The molecule has 1 amide bonds. The van der Waals surface area contributed by atoms with Crippen LogP contribution in [-0.4, -0.2) is 43.2 Å². The second kappa shape index (κ2) is 9.80. The molecule has 0 saturated carbocycles. The number of ether oxygens (including phenoxy) is 1. The van der Waals surface area contributed by atoms with E-state index in [1.165, 1.54) is 10.9 Å². The van der Waals surface area contributed by atoms with Gasteiger partial charge >= 0.3 is 0 Å². The van der Waals surface area contributed by atoms with E-state index in [-0.39, 0.29) is 17.8 Å². The summed E-state index contributed by atoms with van der Waals surface area (Å²) in [6.45, 7) is 3.09. The first-order valence-electron chi connectivity index (χ1n) is 9.07. The summed E-state index contributed by atoms with van der Waals surface area (Å²) in [6.07, 6.45) is 2.85. The Bertz CT molecular complexity index is 687. The summed E-state index contributed by atoms with van der Waals surface area (Å²) in [7, 11) is 0. The van der Waals surface area contributed by atoms with Crippen molar-refractivity contribution in [2.24, 2.45) is 0 Å². The van der Waals surface area contributed by atoms with Crippen molar-refractivity contribution in [1.29, 1.82) is 0 Å². The van der Waals surface area contributed by atoms with Crippen LogP contribution in [0.1, 0.15) is 23.3 Å². The lowest BCUT2D eigenvalue weighted by Crippen LogP contribution is -2.40. The van der Waals surface area contributed by atoms with Crippen molar-refractivity contribution in [3.05, 3.63) is 58.0 Å². The minimum absolute atomic E-state index is 0.0316. The summed E-state index contributed by atoms with van der Waals surface area (Å²) < 4.78 is 19.4. The van der Waals surface area contributed by atoms with Gasteiger partial charge in [0.25, 0.3) is 0 Å². The molecule has 1 atom stereocenters. The fraction of sp³-hybridized carbons (Fsp3) is 0.450. The van der Waals surface area contributed by atoms with Gasteiger partial charge in [-0.15, -0.1) is 11.3 Å². The first-order valence-corrected chi connectivity index (χ1v) is 9.95. The smallest absolute Gasteiger partial charge is 0.234 e. The van der Waals surface area contributed by atoms with Gasteiger partial charge < -0.3 is 10.1 Å². The molecule has 0 radical (unpaired) electrons. The predicted molar refractivity (Wildman–Crippen MR) is 102 cm³/mol. The summed E-state index contributed by atoms with van der Waals surface area (Å²) in [5, 5.41) is 4.96. The largest absolute Gasteiger partial charge is 0.377 e. The molecule has 0 unspecified atom stereocenters. The molecule has 1 saturated heterocycles. The summed E-state index contributed by atoms with van der Waals surface area (Å²) in [5.41, 5.74) is 0.627. The Labute approximate surface area is 158 Å². The highest BCUT2D eigenvalue weighted by molar-refractivity contribution is 7.09. The number of carbonyl (C=O) groups excluding carboxylic acids is 1. The standard InChI is InChI=1S/C20H25FN2O2S/c21-19-8-2-1-5-16(19)9-10-22-20(24)15-23(13-17-6-3-11-25-17)14-18-7-4-12-26-18/h1-2,4-5,7-8,12,17H,3,6,9-11,13-15H2,(H,22,24)/t17-/m1/s1. The Morgan fingerprint density at radius 1 is 1.31 bits per heavy atom. The van der Waals surface area contributed by atoms with E-state index in [2.05, 4.69) is 16.3 Å². The van der Waals surface area contributed by atoms with E-state index in [1.807, 2.05) is 17.5 Å². The third-order valence-corrected chi connectivity index (χ3v) is 5.35. The van der Waals surface area contributed by atoms with Crippen molar-refractivity contribution in [3.63, 3.8) is 0 Å². The van der Waals surface area contributed by atoms with E-state index in [9.17, 15) is 9.18 Å². The molecule has 26 heavy (non-hydrogen) atoms. The van der Waals surface area contributed by atoms with Gasteiger partial charge in [-0.2, -0.15) is 0 Å². The molecule has 140 valence electrons. The number of hydrogen-bond acceptors (Lipinski definition) is 4. The molecule has 2 heterocycles. The summed E-state index contributed by atoms with van der Waals surface area (Å²) in [4.78, 5) is 15.7. The quantitative estimate of drug-likeness (QED) is 0.731. The highest BCUT2D eigenvalue weighted by Crippen LogP contribution is 2.17. The van der Waals surface area contributed by atoms with E-state index < -0.39 is 0 Å². The summed E-state index contributed by atoms with van der Waals surface area (Å²) in [6, 6.07) is 10.8. The van der Waals surface area contributed by atoms with Crippen LogP contribution in [0.4, 0.5) is 4.39 Å². The predicted octanol–water partition coefficient (Wildman–Crippen LogP) is 3.23. The molecule has 2 aromatic rings. The highest BCUT2D eigenvalue weighted by atomic mass is 32.1. The van der Waals surface area contributed by atoms with Crippen molar-refractivity contribution < 1.29 is 13.9 Å². The maximum atomic E-state index is 13.6. The Hall–Kier alpha value is -1.76. The topological polar surface area (TPSA) is 41.6 Å². The number of rotatable bonds is 9. The number of amides is 1. The van der Waals surface area contributed by atoms with Crippen LogP contribution < -0.4 is 5.32 Å². The Morgan fingerprint density at radius 2 is 2.19 bits per heavy atom. The van der Waals surface area contributed by atoms with Gasteiger partial charge in [-0.1, -0.05) is 24.3 Å². The molecule has 1 aromatic heterocycles. The van der Waals surface area contributed by atoms with Crippen LogP contribution in [-0.2, 0) is 22.5 Å². The van der Waals surface area contributed by atoms with E-state index >= 15 is 0 Å². The number of nitrogens with zero attached hydrogens (tertiary/aromatic N) is 1. The van der Waals surface area contributed by atoms with Gasteiger partial charge in [-0.25, -0.2) is 4.39 Å². The van der Waals surface area contributed by atoms with Gasteiger partial charge in [-0.3, -0.25) is 9.69 Å². The lowest BCUT2D eigenvalue weighted by Gasteiger charge is -2.24. The Morgan fingerprint density at radius 3 is 2.92 bits per heavy atom. The fourth-order valence-corrected chi connectivity index (χ4v) is 3.93. The van der Waals surface area contributed by atoms with Crippen LogP contribution >= 0.6 is 11.3 Å². The molecule has 1 aliphatic rings. The second-order valence-corrected chi connectivity index (χ2v) is 7.61. The summed E-state index contributed by atoms with van der Waals surface area (Å²) in [5.74, 6) is -0.254. The molecule has 1 fully saturated rings. The molecular weight excluding hydrogens is 351 g/mol. The van der Waals surface area contributed by atoms with Crippen LogP contribution in [0.3, 0.4) is 0 Å². The minimum Gasteiger partial charge on any atom is -0.377 e. The van der Waals surface area contributed by atoms with Gasteiger partial charge in [-0.05, 0) is 42.3 Å². The monoisotopic (exact) mass is 376 g/mol. The third kappa shape index (κ3) is 5.90. The second-order valence-electron chi connectivity index (χ2n) is 6.58. The number of nitrogens with one attached hydrogen (secondary N) is 1. The van der Waals surface area contributed by atoms with Gasteiger partial charge in [0.1, 0.15) is 5.82 Å². The third-order valence-electron chi connectivity index (χ3n) is 4.49. The van der Waals surface area contributed by atoms with Gasteiger partial charge in [0.2, 0.25) is 5.91 Å². The molecule has 6 heteroatoms. The van der Waals surface area contributed by atoms with Crippen LogP contribution in [0.5, 0.6) is 0 Å². The summed E-state index contributed by atoms with van der Waals surface area (Å²) >= 11 is 1.70. The molecule has 0 aliphatic carbocycles. The van der Waals surface area contributed by atoms with E-state index in [0.717, 1.165) is 32.5 Å². The van der Waals surface area contributed by atoms with E-state index in [0.29, 0.717) is 25.1 Å². The Kier molecular flexibility index (Phi) is 7.17. The van der Waals surface area contributed by atoms with Crippen LogP contribution in [0.25, 0.3) is 0 Å². The van der Waals surface area contributed by atoms with Gasteiger partial charge in [0, 0.05) is 31.1 Å². The maximum absolute atomic E-state index is 13.6. The number of halogens is 1. The van der Waals surface area contributed by atoms with Crippen molar-refractivity contribution in [3.8, 4) is 0 Å². The van der Waals surface area contributed by atoms with Crippen LogP contribution in [0.15, 0.2) is 41.8 Å². The number of carbonyl (C=O) groups is 1. The zero-order valence-corrected chi connectivity index (χ0v) is 15.6. The molecule has 1 aromatic carbocycles. The zero-order chi connectivity index (χ0) is 18.2. The number of benzene rings is 1. The fourth-order valence-electron chi connectivity index (χ4n) is 3.18. The molecule has 4 nitrogen and oxygen atoms in total. The SMILES string of the molecule is O=C(CN(Cc1cccs1)C[C@H]1CCCO1)NCCc1ccccc1F. The molecular formula is C20H25FN2O2S. The Balaban J connectivity index is 1.48. The first-order chi connectivity index (χ1) is 12.7. The van der Waals surface area contributed by atoms with E-state index in [1.54, 1.807) is 23.5 Å². The number of thiophene rings is 1. The zero-order valence-electron chi connectivity index (χ0n) is 14.8. The van der Waals surface area contributed by atoms with E-state index in [4.69, 9.17) is 4.74 Å². The molecule has 0 bridgehead atoms. The number of hydrogen-bond donors (Lipinski definition) is 1. The van der Waals surface area contributed by atoms with Crippen molar-refractivity contribution in [1.82, 2.24) is 10.2 Å². The minimum atomic E-state index is -0.223. The van der Waals surface area contributed by atoms with Crippen molar-refractivity contribution in [2.75, 3.05) is 26.2 Å². The maximum Gasteiger partial charge on any atom is 0.234 e. The normalized spacial score (nSPS) is 16.9. The average molecular weight is 376 g/mol. The molecule has 1 N–H and O–H groups in total. The van der Waals surface area contributed by atoms with Gasteiger partial charge in [0.15, 0.2) is 0 Å². The molecule has 0 spiro atoms. The highest BCUT2D eigenvalue weighted by Gasteiger charge is 2.21. The van der Waals surface area contributed by atoms with Gasteiger partial charge in [0.05, 0.1) is 12.6 Å². The van der Waals surface area contributed by atoms with Crippen molar-refractivity contribution >= 4 is 17.2 Å². The molecule has 3 rings (SSSR count). The van der Waals surface area contributed by atoms with Crippen molar-refractivity contribution in [2.45, 2.75) is 31.9 Å². The average Bonchev–Trinajstić information content (AvgIpc) is 3.30. The van der Waals surface area contributed by atoms with Crippen LogP contribution in [0.2, 0.25) is 0 Å².